The number of carbonyl (C=O) groups excluding carboxylic acids is 3. The van der Waals surface area contributed by atoms with Gasteiger partial charge in [-0.15, -0.1) is 0 Å². The zero-order chi connectivity index (χ0) is 32.2. The molecule has 0 radical (unpaired) electrons. The van der Waals surface area contributed by atoms with Crippen LogP contribution in [0.2, 0.25) is 0 Å². The Morgan fingerprint density at radius 1 is 0.909 bits per heavy atom. The van der Waals surface area contributed by atoms with Crippen LogP contribution in [0, 0.1) is 69.5 Å². The maximum absolute atomic E-state index is 13.1. The standard InChI is InChI=1S/C34H48O10/c1-12-10-19-33(8,34(9,40)30(39)44-19)24-21(12)31(6)14(3)13(2)22-20(23(31)28(24)41-15(4)35)26(38)25(37)17-11-18-27(43-18)29(32(17,22)7)42-16(5)36/h10,12-14,17-18,20-29,37-38,40H,11H2,1-9H3/t12-,13?,14+,17-,18+,20-,21+,22?,23-,24+,25+,26-,27+,28-,29+,31-,32+,33+,34-/m1/s1. The molecule has 0 aromatic carbocycles. The van der Waals surface area contributed by atoms with Gasteiger partial charge in [0.05, 0.1) is 23.7 Å². The van der Waals surface area contributed by atoms with Crippen LogP contribution in [-0.4, -0.2) is 75.5 Å². The summed E-state index contributed by atoms with van der Waals surface area (Å²) < 4.78 is 24.1. The van der Waals surface area contributed by atoms with Crippen LogP contribution in [0.4, 0.5) is 0 Å². The topological polar surface area (TPSA) is 152 Å². The lowest BCUT2D eigenvalue weighted by Crippen LogP contribution is -2.71. The zero-order valence-corrected chi connectivity index (χ0v) is 27.1. The number of ether oxygens (including phenoxy) is 4. The third-order valence-electron chi connectivity index (χ3n) is 14.8. The number of carbonyl (C=O) groups is 3. The van der Waals surface area contributed by atoms with Crippen LogP contribution in [0.15, 0.2) is 11.8 Å². The number of esters is 3. The highest BCUT2D eigenvalue weighted by Crippen LogP contribution is 2.77. The lowest BCUT2D eigenvalue weighted by molar-refractivity contribution is -0.272. The van der Waals surface area contributed by atoms with E-state index in [1.54, 1.807) is 0 Å². The van der Waals surface area contributed by atoms with Crippen molar-refractivity contribution in [2.45, 2.75) is 111 Å². The molecule has 10 heteroatoms. The van der Waals surface area contributed by atoms with Gasteiger partial charge in [-0.1, -0.05) is 34.6 Å². The van der Waals surface area contributed by atoms with Gasteiger partial charge < -0.3 is 34.3 Å². The number of hydrogen-bond acceptors (Lipinski definition) is 10. The van der Waals surface area contributed by atoms with Gasteiger partial charge in [-0.2, -0.15) is 0 Å². The fourth-order valence-electron chi connectivity index (χ4n) is 12.7. The molecule has 4 saturated carbocycles. The molecule has 19 atom stereocenters. The second-order valence-electron chi connectivity index (χ2n) is 16.2. The SMILES string of the molecule is CC(=O)O[C@@H]1[C@H]2[C@H]3C(C(C)[C@H](C)[C@]2(C)[C@@H]2[C@@H]1[C@]1(C)C(=C[C@H]2C)OC(=O)[C@@]1(C)O)[C@]1(C)[C@H](C[C@@H]2O[C@@H]2[C@@H]1OC(C)=O)[C@H](O)[C@@H]3O. The molecule has 2 aliphatic heterocycles. The zero-order valence-electron chi connectivity index (χ0n) is 27.1. The quantitative estimate of drug-likeness (QED) is 0.240. The van der Waals surface area contributed by atoms with Crippen LogP contribution in [0.25, 0.3) is 0 Å². The molecule has 2 saturated heterocycles. The van der Waals surface area contributed by atoms with Crippen molar-refractivity contribution in [2.75, 3.05) is 0 Å². The van der Waals surface area contributed by atoms with Gasteiger partial charge in [-0.3, -0.25) is 9.59 Å². The number of fused-ring (bicyclic) bond motifs is 10. The van der Waals surface area contributed by atoms with Crippen molar-refractivity contribution >= 4 is 17.9 Å². The molecule has 5 aliphatic carbocycles. The summed E-state index contributed by atoms with van der Waals surface area (Å²) in [5.41, 5.74) is -4.33. The highest BCUT2D eigenvalue weighted by atomic mass is 16.6. The number of epoxide rings is 1. The van der Waals surface area contributed by atoms with Gasteiger partial charge >= 0.3 is 17.9 Å². The fraction of sp³-hybridized carbons (Fsp3) is 0.853. The van der Waals surface area contributed by atoms with Gasteiger partial charge in [0.2, 0.25) is 0 Å². The van der Waals surface area contributed by atoms with E-state index >= 15 is 0 Å². The van der Waals surface area contributed by atoms with Crippen molar-refractivity contribution in [1.82, 2.24) is 0 Å². The van der Waals surface area contributed by atoms with Crippen molar-refractivity contribution < 1.29 is 48.7 Å². The third kappa shape index (κ3) is 3.34. The van der Waals surface area contributed by atoms with E-state index in [1.165, 1.54) is 20.8 Å². The van der Waals surface area contributed by atoms with Crippen LogP contribution < -0.4 is 0 Å². The van der Waals surface area contributed by atoms with Gasteiger partial charge in [0.1, 0.15) is 24.1 Å². The van der Waals surface area contributed by atoms with E-state index in [0.717, 1.165) is 0 Å². The Hall–Kier alpha value is -2.01. The summed E-state index contributed by atoms with van der Waals surface area (Å²) in [7, 11) is 0. The van der Waals surface area contributed by atoms with E-state index in [9.17, 15) is 29.7 Å². The number of allylic oxidation sites excluding steroid dienone is 1. The van der Waals surface area contributed by atoms with E-state index in [2.05, 4.69) is 34.6 Å². The fourth-order valence-corrected chi connectivity index (χ4v) is 12.7. The minimum Gasteiger partial charge on any atom is -0.462 e. The van der Waals surface area contributed by atoms with Crippen molar-refractivity contribution in [3.05, 3.63) is 11.8 Å². The second kappa shape index (κ2) is 9.07. The van der Waals surface area contributed by atoms with Crippen LogP contribution >= 0.6 is 0 Å². The molecule has 0 spiro atoms. The lowest BCUT2D eigenvalue weighted by Gasteiger charge is -2.67. The maximum Gasteiger partial charge on any atom is 0.343 e. The molecule has 0 bridgehead atoms. The first-order chi connectivity index (χ1) is 20.4. The summed E-state index contributed by atoms with van der Waals surface area (Å²) in [6.07, 6.45) is -1.52. The minimum atomic E-state index is -1.87. The number of rotatable bonds is 2. The molecule has 6 fully saturated rings. The Labute approximate surface area is 258 Å². The van der Waals surface area contributed by atoms with Crippen LogP contribution in [0.1, 0.15) is 68.7 Å². The Kier molecular flexibility index (Phi) is 6.32. The van der Waals surface area contributed by atoms with E-state index < -0.39 is 81.9 Å². The van der Waals surface area contributed by atoms with Crippen molar-refractivity contribution in [3.63, 3.8) is 0 Å². The predicted molar refractivity (Wildman–Crippen MR) is 154 cm³/mol. The van der Waals surface area contributed by atoms with Crippen LogP contribution in [0.3, 0.4) is 0 Å². The van der Waals surface area contributed by atoms with Gasteiger partial charge in [0.25, 0.3) is 0 Å². The maximum atomic E-state index is 13.1. The highest BCUT2D eigenvalue weighted by molar-refractivity contribution is 5.85. The molecule has 7 rings (SSSR count). The smallest absolute Gasteiger partial charge is 0.343 e. The summed E-state index contributed by atoms with van der Waals surface area (Å²) in [5, 5.41) is 36.0. The second-order valence-corrected chi connectivity index (χ2v) is 16.2. The Balaban J connectivity index is 1.45. The van der Waals surface area contributed by atoms with Crippen molar-refractivity contribution in [3.8, 4) is 0 Å². The third-order valence-corrected chi connectivity index (χ3v) is 14.8. The Morgan fingerprint density at radius 3 is 2.16 bits per heavy atom. The molecular formula is C34H48O10. The molecule has 0 aromatic heterocycles. The molecule has 3 N–H and O–H groups in total. The van der Waals surface area contributed by atoms with Gasteiger partial charge in [-0.05, 0) is 73.2 Å². The average molecular weight is 617 g/mol. The normalized spacial score (nSPS) is 59.9. The minimum absolute atomic E-state index is 0.00772. The molecule has 44 heavy (non-hydrogen) atoms. The summed E-state index contributed by atoms with van der Waals surface area (Å²) in [6.45, 7) is 16.9. The summed E-state index contributed by atoms with van der Waals surface area (Å²) >= 11 is 0. The molecule has 7 aliphatic rings. The van der Waals surface area contributed by atoms with Gasteiger partial charge in [0, 0.05) is 31.1 Å². The largest absolute Gasteiger partial charge is 0.462 e. The lowest BCUT2D eigenvalue weighted by atomic mass is 9.38. The van der Waals surface area contributed by atoms with Crippen molar-refractivity contribution in [2.24, 2.45) is 69.5 Å². The van der Waals surface area contributed by atoms with Crippen LogP contribution in [0.5, 0.6) is 0 Å². The molecule has 0 aromatic rings. The monoisotopic (exact) mass is 616 g/mol. The summed E-state index contributed by atoms with van der Waals surface area (Å²) in [6, 6.07) is 0. The average Bonchev–Trinajstić information content (AvgIpc) is 3.61. The Morgan fingerprint density at radius 2 is 1.55 bits per heavy atom. The molecular weight excluding hydrogens is 568 g/mol. The first-order valence-electron chi connectivity index (χ1n) is 16.4. The first-order valence-corrected chi connectivity index (χ1v) is 16.4. The number of aliphatic hydroxyl groups is 3. The molecule has 2 unspecified atom stereocenters. The molecule has 244 valence electrons. The molecule has 0 amide bonds. The van der Waals surface area contributed by atoms with E-state index in [0.29, 0.717) is 12.2 Å². The van der Waals surface area contributed by atoms with Gasteiger partial charge in [0.15, 0.2) is 5.60 Å². The van der Waals surface area contributed by atoms with E-state index in [4.69, 9.17) is 18.9 Å². The summed E-state index contributed by atoms with van der Waals surface area (Å²) in [4.78, 5) is 38.5. The predicted octanol–water partition coefficient (Wildman–Crippen LogP) is 2.61. The first kappa shape index (κ1) is 30.6. The highest BCUT2D eigenvalue weighted by Gasteiger charge is 2.81. The van der Waals surface area contributed by atoms with Crippen molar-refractivity contribution in [1.29, 1.82) is 0 Å². The van der Waals surface area contributed by atoms with E-state index in [1.807, 2.05) is 13.0 Å². The number of aliphatic hydroxyl groups excluding tert-OH is 2. The number of hydrogen-bond donors (Lipinski definition) is 3. The summed E-state index contributed by atoms with van der Waals surface area (Å²) in [5.74, 6) is -3.50. The molecule has 2 heterocycles. The van der Waals surface area contributed by atoms with E-state index in [-0.39, 0.29) is 47.7 Å². The molecule has 10 nitrogen and oxygen atoms in total. The van der Waals surface area contributed by atoms with Gasteiger partial charge in [-0.25, -0.2) is 4.79 Å². The van der Waals surface area contributed by atoms with Crippen LogP contribution in [-0.2, 0) is 33.3 Å². The Bertz CT molecular complexity index is 1340.